The molecule has 0 aromatic carbocycles. The van der Waals surface area contributed by atoms with Crippen molar-refractivity contribution < 1.29 is 39.8 Å². The Balaban J connectivity index is 2.28. The fourth-order valence-electron chi connectivity index (χ4n) is 7.44. The van der Waals surface area contributed by atoms with Crippen LogP contribution in [0.25, 0.3) is 0 Å². The van der Waals surface area contributed by atoms with Crippen molar-refractivity contribution in [3.8, 4) is 0 Å². The third-order valence-corrected chi connectivity index (χ3v) is 11.3. The molecule has 7 unspecified atom stereocenters. The Morgan fingerprint density at radius 2 is 1.00 bits per heavy atom. The van der Waals surface area contributed by atoms with Crippen LogP contribution in [0, 0.1) is 0 Å². The van der Waals surface area contributed by atoms with Gasteiger partial charge >= 0.3 is 0 Å². The molecule has 7 atom stereocenters. The Morgan fingerprint density at radius 3 is 1.45 bits per heavy atom. The lowest BCUT2D eigenvalue weighted by atomic mass is 9.99. The Morgan fingerprint density at radius 1 is 0.589 bits per heavy atom. The van der Waals surface area contributed by atoms with Crippen LogP contribution in [0.4, 0.5) is 0 Å². The molecule has 0 bridgehead atoms. The fourth-order valence-corrected chi connectivity index (χ4v) is 7.44. The van der Waals surface area contributed by atoms with Gasteiger partial charge in [-0.1, -0.05) is 186 Å². The maximum Gasteiger partial charge on any atom is 0.220 e. The second-order valence-corrected chi connectivity index (χ2v) is 16.5. The molecule has 0 saturated carbocycles. The zero-order valence-corrected chi connectivity index (χ0v) is 36.1. The summed E-state index contributed by atoms with van der Waals surface area (Å²) >= 11 is 0. The second kappa shape index (κ2) is 37.9. The van der Waals surface area contributed by atoms with E-state index in [9.17, 15) is 30.3 Å². The van der Waals surface area contributed by atoms with Gasteiger partial charge in [0.05, 0.1) is 25.4 Å². The van der Waals surface area contributed by atoms with Crippen LogP contribution >= 0.6 is 0 Å². The molecule has 0 aliphatic carbocycles. The van der Waals surface area contributed by atoms with E-state index in [1.54, 1.807) is 6.08 Å². The van der Waals surface area contributed by atoms with Crippen LogP contribution in [0.15, 0.2) is 24.3 Å². The third kappa shape index (κ3) is 28.2. The molecule has 9 heteroatoms. The SMILES string of the molecule is CCCCCCCCCCC/C=C/C(O)C(COC1OC(CO)C(O)C(O)C1O)NC(=O)CCCCCCCCC/C=C\CCCCCCCCCCCCC. The first-order valence-electron chi connectivity index (χ1n) is 23.6. The number of allylic oxidation sites excluding steroid dienone is 3. The topological polar surface area (TPSA) is 149 Å². The highest BCUT2D eigenvalue weighted by atomic mass is 16.7. The van der Waals surface area contributed by atoms with Crippen molar-refractivity contribution in [1.29, 1.82) is 0 Å². The van der Waals surface area contributed by atoms with Gasteiger partial charge in [0.1, 0.15) is 24.4 Å². The van der Waals surface area contributed by atoms with Gasteiger partial charge in [-0.3, -0.25) is 4.79 Å². The minimum Gasteiger partial charge on any atom is -0.394 e. The number of aliphatic hydroxyl groups excluding tert-OH is 5. The van der Waals surface area contributed by atoms with Gasteiger partial charge in [-0.05, 0) is 44.9 Å². The Labute approximate surface area is 343 Å². The number of amides is 1. The number of aliphatic hydroxyl groups is 5. The maximum atomic E-state index is 12.9. The molecular formula is C47H89NO8. The average Bonchev–Trinajstić information content (AvgIpc) is 3.20. The van der Waals surface area contributed by atoms with Crippen LogP contribution in [-0.2, 0) is 14.3 Å². The molecule has 1 fully saturated rings. The molecule has 1 aliphatic rings. The van der Waals surface area contributed by atoms with E-state index in [1.165, 1.54) is 154 Å². The summed E-state index contributed by atoms with van der Waals surface area (Å²) in [6, 6.07) is -0.803. The van der Waals surface area contributed by atoms with E-state index in [0.717, 1.165) is 38.5 Å². The van der Waals surface area contributed by atoms with Crippen molar-refractivity contribution in [3.63, 3.8) is 0 Å². The van der Waals surface area contributed by atoms with Gasteiger partial charge in [-0.2, -0.15) is 0 Å². The minimum absolute atomic E-state index is 0.182. The zero-order valence-electron chi connectivity index (χ0n) is 36.1. The number of hydrogen-bond acceptors (Lipinski definition) is 8. The highest BCUT2D eigenvalue weighted by Gasteiger charge is 2.44. The van der Waals surface area contributed by atoms with Gasteiger partial charge < -0.3 is 40.3 Å². The van der Waals surface area contributed by atoms with E-state index in [-0.39, 0.29) is 12.5 Å². The molecule has 0 spiro atoms. The second-order valence-electron chi connectivity index (χ2n) is 16.5. The third-order valence-electron chi connectivity index (χ3n) is 11.3. The highest BCUT2D eigenvalue weighted by molar-refractivity contribution is 5.76. The van der Waals surface area contributed by atoms with Gasteiger partial charge in [0.15, 0.2) is 6.29 Å². The molecule has 56 heavy (non-hydrogen) atoms. The van der Waals surface area contributed by atoms with Gasteiger partial charge in [-0.15, -0.1) is 0 Å². The summed E-state index contributed by atoms with van der Waals surface area (Å²) in [6.45, 7) is 3.76. The molecule has 1 saturated heterocycles. The first-order valence-corrected chi connectivity index (χ1v) is 23.6. The average molecular weight is 796 g/mol. The van der Waals surface area contributed by atoms with Crippen LogP contribution in [0.3, 0.4) is 0 Å². The zero-order chi connectivity index (χ0) is 40.9. The van der Waals surface area contributed by atoms with Crippen molar-refractivity contribution in [2.45, 2.75) is 256 Å². The molecule has 1 amide bonds. The number of nitrogens with one attached hydrogen (secondary N) is 1. The Kier molecular flexibility index (Phi) is 35.7. The number of carbonyl (C=O) groups is 1. The summed E-state index contributed by atoms with van der Waals surface area (Å²) in [4.78, 5) is 12.9. The molecule has 0 radical (unpaired) electrons. The number of ether oxygens (including phenoxy) is 2. The van der Waals surface area contributed by atoms with E-state index >= 15 is 0 Å². The summed E-state index contributed by atoms with van der Waals surface area (Å²) in [7, 11) is 0. The summed E-state index contributed by atoms with van der Waals surface area (Å²) in [5, 5.41) is 54.1. The summed E-state index contributed by atoms with van der Waals surface area (Å²) in [5.74, 6) is -0.182. The number of carbonyl (C=O) groups excluding carboxylic acids is 1. The molecule has 6 N–H and O–H groups in total. The van der Waals surface area contributed by atoms with Gasteiger partial charge in [0, 0.05) is 6.42 Å². The van der Waals surface area contributed by atoms with Crippen molar-refractivity contribution in [1.82, 2.24) is 5.32 Å². The van der Waals surface area contributed by atoms with Crippen LogP contribution in [0.2, 0.25) is 0 Å². The first kappa shape index (κ1) is 52.7. The fraction of sp³-hybridized carbons (Fsp3) is 0.894. The van der Waals surface area contributed by atoms with Gasteiger partial charge in [-0.25, -0.2) is 0 Å². The Bertz CT molecular complexity index is 930. The number of unbranched alkanes of at least 4 members (excludes halogenated alkanes) is 27. The largest absolute Gasteiger partial charge is 0.394 e. The molecule has 1 rings (SSSR count). The van der Waals surface area contributed by atoms with E-state index in [1.807, 2.05) is 6.08 Å². The normalized spacial score (nSPS) is 21.3. The Hall–Kier alpha value is -1.33. The van der Waals surface area contributed by atoms with Crippen LogP contribution in [0.5, 0.6) is 0 Å². The lowest BCUT2D eigenvalue weighted by Gasteiger charge is -2.40. The molecule has 9 nitrogen and oxygen atoms in total. The smallest absolute Gasteiger partial charge is 0.220 e. The van der Waals surface area contributed by atoms with Gasteiger partial charge in [0.2, 0.25) is 5.91 Å². The quantitative estimate of drug-likeness (QED) is 0.0266. The summed E-state index contributed by atoms with van der Waals surface area (Å²) < 4.78 is 11.2. The first-order chi connectivity index (χ1) is 27.3. The minimum atomic E-state index is -1.56. The summed E-state index contributed by atoms with van der Waals surface area (Å²) in [6.07, 6.45) is 38.0. The molecule has 1 aliphatic heterocycles. The lowest BCUT2D eigenvalue weighted by Crippen LogP contribution is -2.60. The van der Waals surface area contributed by atoms with E-state index in [2.05, 4.69) is 31.3 Å². The molecule has 0 aromatic heterocycles. The standard InChI is InChI=1S/C47H89NO8/c1-3-5-7-9-11-13-15-16-17-18-19-20-21-22-23-24-25-27-29-31-33-35-37-43(51)48-40(39-55-47-46(54)45(53)44(52)42(38-49)56-47)41(50)36-34-32-30-28-26-14-12-10-8-6-4-2/h21-22,34,36,40-42,44-47,49-50,52-54H,3-20,23-33,35,37-39H2,1-2H3,(H,48,51)/b22-21-,36-34+. The highest BCUT2D eigenvalue weighted by Crippen LogP contribution is 2.23. The monoisotopic (exact) mass is 796 g/mol. The molecule has 1 heterocycles. The van der Waals surface area contributed by atoms with Crippen LogP contribution in [0.1, 0.15) is 213 Å². The number of hydrogen-bond donors (Lipinski definition) is 6. The van der Waals surface area contributed by atoms with E-state index < -0.39 is 49.5 Å². The maximum absolute atomic E-state index is 12.9. The van der Waals surface area contributed by atoms with Crippen LogP contribution in [-0.4, -0.2) is 87.5 Å². The van der Waals surface area contributed by atoms with Crippen molar-refractivity contribution in [2.24, 2.45) is 0 Å². The lowest BCUT2D eigenvalue weighted by molar-refractivity contribution is -0.302. The van der Waals surface area contributed by atoms with Crippen molar-refractivity contribution in [2.75, 3.05) is 13.2 Å². The van der Waals surface area contributed by atoms with Crippen molar-refractivity contribution >= 4 is 5.91 Å². The number of rotatable bonds is 39. The van der Waals surface area contributed by atoms with E-state index in [0.29, 0.717) is 6.42 Å². The molecule has 0 aromatic rings. The van der Waals surface area contributed by atoms with Crippen molar-refractivity contribution in [3.05, 3.63) is 24.3 Å². The predicted octanol–water partition coefficient (Wildman–Crippen LogP) is 9.89. The predicted molar refractivity (Wildman–Crippen MR) is 230 cm³/mol. The molecular weight excluding hydrogens is 707 g/mol. The van der Waals surface area contributed by atoms with Gasteiger partial charge in [0.25, 0.3) is 0 Å². The van der Waals surface area contributed by atoms with E-state index in [4.69, 9.17) is 9.47 Å². The molecule has 330 valence electrons. The van der Waals surface area contributed by atoms with Crippen LogP contribution < -0.4 is 5.32 Å². The summed E-state index contributed by atoms with van der Waals surface area (Å²) in [5.41, 5.74) is 0.